The quantitative estimate of drug-likeness (QED) is 0.642. The van der Waals surface area contributed by atoms with E-state index < -0.39 is 0 Å². The van der Waals surface area contributed by atoms with E-state index in [1.165, 1.54) is 38.8 Å². The molecule has 0 aromatic carbocycles. The number of rotatable bonds is 2. The Morgan fingerprint density at radius 2 is 1.75 bits per heavy atom. The molecule has 0 aromatic rings. The Kier molecular flexibility index (Phi) is 2.66. The van der Waals surface area contributed by atoms with E-state index in [2.05, 4.69) is 12.2 Å². The molecule has 12 heavy (non-hydrogen) atoms. The van der Waals surface area contributed by atoms with Crippen LogP contribution in [0.3, 0.4) is 0 Å². The summed E-state index contributed by atoms with van der Waals surface area (Å²) < 4.78 is 5.98. The molecule has 70 valence electrons. The van der Waals surface area contributed by atoms with E-state index in [9.17, 15) is 0 Å². The van der Waals surface area contributed by atoms with Crippen LogP contribution in [0.1, 0.15) is 32.6 Å². The highest BCUT2D eigenvalue weighted by Gasteiger charge is 2.29. The number of ether oxygens (including phenoxy) is 1. The lowest BCUT2D eigenvalue weighted by Gasteiger charge is -2.36. The van der Waals surface area contributed by atoms with Gasteiger partial charge >= 0.3 is 0 Å². The zero-order chi connectivity index (χ0) is 8.39. The van der Waals surface area contributed by atoms with Gasteiger partial charge in [-0.25, -0.2) is 0 Å². The normalized spacial score (nSPS) is 37.8. The molecule has 1 aliphatic heterocycles. The van der Waals surface area contributed by atoms with Crippen LogP contribution in [0.4, 0.5) is 0 Å². The highest BCUT2D eigenvalue weighted by atomic mass is 16.5. The number of hydrogen-bond donors (Lipinski definition) is 1. The highest BCUT2D eigenvalue weighted by Crippen LogP contribution is 2.30. The fourth-order valence-electron chi connectivity index (χ4n) is 2.24. The van der Waals surface area contributed by atoms with Crippen molar-refractivity contribution in [1.29, 1.82) is 0 Å². The predicted octanol–water partition coefficient (Wildman–Crippen LogP) is 0.527. The molecule has 2 N–H and O–H groups in total. The molecule has 1 aliphatic carbocycles. The molecule has 0 aromatic heterocycles. The summed E-state index contributed by atoms with van der Waals surface area (Å²) in [6, 6.07) is 0. The Bertz CT molecular complexity index is 137. The van der Waals surface area contributed by atoms with E-state index >= 15 is 0 Å². The molecule has 0 radical (unpaired) electrons. The van der Waals surface area contributed by atoms with Gasteiger partial charge in [-0.15, -0.1) is 0 Å². The summed E-state index contributed by atoms with van der Waals surface area (Å²) in [6.45, 7) is 4.86. The van der Waals surface area contributed by atoms with Gasteiger partial charge in [-0.3, -0.25) is 0 Å². The molecule has 1 heterocycles. The molecule has 2 fully saturated rings. The van der Waals surface area contributed by atoms with Gasteiger partial charge in [0.15, 0.2) is 0 Å². The third kappa shape index (κ3) is 1.99. The third-order valence-electron chi connectivity index (χ3n) is 3.10. The highest BCUT2D eigenvalue weighted by molar-refractivity contribution is 4.78. The Hall–Kier alpha value is -0.0800. The largest absolute Gasteiger partial charge is 0.375 e. The van der Waals surface area contributed by atoms with Crippen LogP contribution in [0.5, 0.6) is 0 Å². The standard InChI is InChI=1S/C10H19NO/c1-8-6-10(7-8)12-9-2-4-11-5-3-9/h8-11H,2-7H2,1H3/p+1. The van der Waals surface area contributed by atoms with E-state index in [0.29, 0.717) is 12.2 Å². The first-order valence-electron chi connectivity index (χ1n) is 5.31. The van der Waals surface area contributed by atoms with Crippen molar-refractivity contribution in [3.05, 3.63) is 0 Å². The van der Waals surface area contributed by atoms with Gasteiger partial charge in [0.05, 0.1) is 25.3 Å². The molecular weight excluding hydrogens is 150 g/mol. The van der Waals surface area contributed by atoms with Crippen LogP contribution in [0.25, 0.3) is 0 Å². The van der Waals surface area contributed by atoms with Crippen LogP contribution < -0.4 is 5.32 Å². The first-order chi connectivity index (χ1) is 5.84. The van der Waals surface area contributed by atoms with Gasteiger partial charge in [-0.1, -0.05) is 6.92 Å². The van der Waals surface area contributed by atoms with Crippen LogP contribution in [-0.4, -0.2) is 25.3 Å². The fourth-order valence-corrected chi connectivity index (χ4v) is 2.24. The van der Waals surface area contributed by atoms with E-state index in [1.807, 2.05) is 0 Å². The van der Waals surface area contributed by atoms with Gasteiger partial charge in [-0.2, -0.15) is 0 Å². The summed E-state index contributed by atoms with van der Waals surface area (Å²) in [5.41, 5.74) is 0. The van der Waals surface area contributed by atoms with Gasteiger partial charge in [0.25, 0.3) is 0 Å². The first kappa shape index (κ1) is 8.52. The second-order valence-corrected chi connectivity index (χ2v) is 4.40. The van der Waals surface area contributed by atoms with Gasteiger partial charge < -0.3 is 10.1 Å². The molecular formula is C10H20NO+. The molecule has 1 saturated carbocycles. The molecule has 0 bridgehead atoms. The van der Waals surface area contributed by atoms with Crippen molar-refractivity contribution < 1.29 is 10.1 Å². The third-order valence-corrected chi connectivity index (χ3v) is 3.10. The average molecular weight is 170 g/mol. The zero-order valence-electron chi connectivity index (χ0n) is 7.96. The Balaban J connectivity index is 1.65. The Morgan fingerprint density at radius 3 is 2.33 bits per heavy atom. The molecule has 2 nitrogen and oxygen atoms in total. The lowest BCUT2D eigenvalue weighted by atomic mass is 9.84. The molecule has 0 atom stereocenters. The van der Waals surface area contributed by atoms with Gasteiger partial charge in [0.2, 0.25) is 0 Å². The molecule has 0 amide bonds. The minimum absolute atomic E-state index is 0.590. The predicted molar refractivity (Wildman–Crippen MR) is 48.0 cm³/mol. The number of hydrogen-bond acceptors (Lipinski definition) is 1. The van der Waals surface area contributed by atoms with E-state index in [1.54, 1.807) is 0 Å². The molecule has 0 spiro atoms. The summed E-state index contributed by atoms with van der Waals surface area (Å²) in [5, 5.41) is 2.39. The lowest BCUT2D eigenvalue weighted by Crippen LogP contribution is -2.86. The number of nitrogens with two attached hydrogens (primary N) is 1. The molecule has 1 saturated heterocycles. The first-order valence-corrected chi connectivity index (χ1v) is 5.31. The maximum Gasteiger partial charge on any atom is 0.0780 e. The number of quaternary nitrogens is 1. The average Bonchev–Trinajstić information content (AvgIpc) is 2.04. The summed E-state index contributed by atoms with van der Waals surface area (Å²) in [6.07, 6.45) is 6.35. The van der Waals surface area contributed by atoms with Crippen molar-refractivity contribution in [3.63, 3.8) is 0 Å². The van der Waals surface area contributed by atoms with Crippen LogP contribution in [-0.2, 0) is 4.74 Å². The summed E-state index contributed by atoms with van der Waals surface area (Å²) >= 11 is 0. The lowest BCUT2D eigenvalue weighted by molar-refractivity contribution is -0.665. The van der Waals surface area contributed by atoms with E-state index in [4.69, 9.17) is 4.74 Å². The SMILES string of the molecule is CC1CC(OC2CC[NH2+]CC2)C1. The van der Waals surface area contributed by atoms with Crippen LogP contribution in [0, 0.1) is 5.92 Å². The molecule has 2 rings (SSSR count). The van der Waals surface area contributed by atoms with Crippen molar-refractivity contribution in [2.24, 2.45) is 5.92 Å². The monoisotopic (exact) mass is 170 g/mol. The van der Waals surface area contributed by atoms with Crippen LogP contribution >= 0.6 is 0 Å². The fraction of sp³-hybridized carbons (Fsp3) is 1.00. The Labute approximate surface area is 74.7 Å². The number of piperidine rings is 1. The van der Waals surface area contributed by atoms with Crippen molar-refractivity contribution in [1.82, 2.24) is 0 Å². The van der Waals surface area contributed by atoms with Gasteiger partial charge in [-0.05, 0) is 18.8 Å². The van der Waals surface area contributed by atoms with Crippen molar-refractivity contribution in [2.45, 2.75) is 44.8 Å². The van der Waals surface area contributed by atoms with Crippen LogP contribution in [0.15, 0.2) is 0 Å². The van der Waals surface area contributed by atoms with E-state index in [0.717, 1.165) is 5.92 Å². The van der Waals surface area contributed by atoms with Crippen molar-refractivity contribution >= 4 is 0 Å². The summed E-state index contributed by atoms with van der Waals surface area (Å²) in [5.74, 6) is 0.921. The second kappa shape index (κ2) is 3.75. The molecule has 2 aliphatic rings. The second-order valence-electron chi connectivity index (χ2n) is 4.40. The van der Waals surface area contributed by atoms with Crippen molar-refractivity contribution in [3.8, 4) is 0 Å². The summed E-state index contributed by atoms with van der Waals surface area (Å²) in [7, 11) is 0. The maximum atomic E-state index is 5.98. The smallest absolute Gasteiger partial charge is 0.0780 e. The van der Waals surface area contributed by atoms with Crippen molar-refractivity contribution in [2.75, 3.05) is 13.1 Å². The minimum atomic E-state index is 0.590. The molecule has 2 heteroatoms. The molecule has 0 unspecified atom stereocenters. The van der Waals surface area contributed by atoms with Gasteiger partial charge in [0.1, 0.15) is 0 Å². The maximum absolute atomic E-state index is 5.98. The van der Waals surface area contributed by atoms with E-state index in [-0.39, 0.29) is 0 Å². The topological polar surface area (TPSA) is 25.8 Å². The Morgan fingerprint density at radius 1 is 1.08 bits per heavy atom. The van der Waals surface area contributed by atoms with Gasteiger partial charge in [0, 0.05) is 12.8 Å². The minimum Gasteiger partial charge on any atom is -0.375 e. The van der Waals surface area contributed by atoms with Crippen LogP contribution in [0.2, 0.25) is 0 Å². The summed E-state index contributed by atoms with van der Waals surface area (Å²) in [4.78, 5) is 0. The zero-order valence-corrected chi connectivity index (χ0v) is 7.96.